The number of hydrogen-bond donors (Lipinski definition) is 0. The molecule has 3 heteroatoms. The minimum atomic E-state index is -0.220. The highest BCUT2D eigenvalue weighted by Gasteiger charge is 2.15. The molecule has 3 aromatic rings. The Morgan fingerprint density at radius 3 is 2.48 bits per heavy atom. The summed E-state index contributed by atoms with van der Waals surface area (Å²) in [6.07, 6.45) is 2.91. The first-order chi connectivity index (χ1) is 10.1. The van der Waals surface area contributed by atoms with Crippen LogP contribution in [0, 0.1) is 19.7 Å². The van der Waals surface area contributed by atoms with Gasteiger partial charge in [-0.2, -0.15) is 0 Å². The molecule has 2 nitrogen and oxygen atoms in total. The molecule has 0 spiro atoms. The molecule has 0 atom stereocenters. The SMILES string of the molecule is CCCn1c(C)c(C)c2ccnc(-c3ccc(F)cc3)c21. The molecule has 2 heterocycles. The standard InChI is InChI=1S/C18H19FN2/c1-4-11-21-13(3)12(2)16-9-10-20-17(18(16)21)14-5-7-15(19)8-6-14/h5-10H,4,11H2,1-3H3. The third-order valence-electron chi connectivity index (χ3n) is 4.11. The first-order valence-corrected chi connectivity index (χ1v) is 7.33. The van der Waals surface area contributed by atoms with Gasteiger partial charge in [0.2, 0.25) is 0 Å². The molecule has 0 unspecified atom stereocenters. The van der Waals surface area contributed by atoms with Crippen molar-refractivity contribution in [2.75, 3.05) is 0 Å². The zero-order valence-electron chi connectivity index (χ0n) is 12.7. The van der Waals surface area contributed by atoms with Crippen LogP contribution in [-0.2, 0) is 6.54 Å². The fourth-order valence-electron chi connectivity index (χ4n) is 2.92. The molecule has 0 amide bonds. The molecule has 0 saturated carbocycles. The molecule has 1 aromatic carbocycles. The molecular formula is C18H19FN2. The second-order valence-corrected chi connectivity index (χ2v) is 5.42. The van der Waals surface area contributed by atoms with Crippen LogP contribution in [0.5, 0.6) is 0 Å². The molecule has 0 aliphatic carbocycles. The van der Waals surface area contributed by atoms with Crippen molar-refractivity contribution in [2.45, 2.75) is 33.7 Å². The molecule has 3 rings (SSSR count). The first kappa shape index (κ1) is 13.8. The third kappa shape index (κ3) is 2.23. The fourth-order valence-corrected chi connectivity index (χ4v) is 2.92. The predicted octanol–water partition coefficient (Wildman–Crippen LogP) is 4.87. The van der Waals surface area contributed by atoms with Crippen molar-refractivity contribution in [3.05, 3.63) is 53.6 Å². The van der Waals surface area contributed by atoms with E-state index in [2.05, 4.69) is 36.4 Å². The number of aromatic nitrogens is 2. The largest absolute Gasteiger partial charge is 0.343 e. The smallest absolute Gasteiger partial charge is 0.123 e. The van der Waals surface area contributed by atoms with Crippen LogP contribution in [-0.4, -0.2) is 9.55 Å². The Morgan fingerprint density at radius 1 is 1.10 bits per heavy atom. The summed E-state index contributed by atoms with van der Waals surface area (Å²) >= 11 is 0. The first-order valence-electron chi connectivity index (χ1n) is 7.33. The average Bonchev–Trinajstić information content (AvgIpc) is 2.74. The number of aryl methyl sites for hydroxylation is 2. The van der Waals surface area contributed by atoms with Gasteiger partial charge in [-0.1, -0.05) is 6.92 Å². The van der Waals surface area contributed by atoms with Gasteiger partial charge in [0.05, 0.1) is 11.2 Å². The van der Waals surface area contributed by atoms with Crippen molar-refractivity contribution >= 4 is 10.9 Å². The number of pyridine rings is 1. The van der Waals surface area contributed by atoms with Crippen LogP contribution in [0.2, 0.25) is 0 Å². The van der Waals surface area contributed by atoms with E-state index in [4.69, 9.17) is 0 Å². The van der Waals surface area contributed by atoms with E-state index in [1.807, 2.05) is 6.20 Å². The van der Waals surface area contributed by atoms with Crippen LogP contribution in [0.4, 0.5) is 4.39 Å². The summed E-state index contributed by atoms with van der Waals surface area (Å²) in [6, 6.07) is 8.64. The number of fused-ring (bicyclic) bond motifs is 1. The van der Waals surface area contributed by atoms with Crippen molar-refractivity contribution in [3.8, 4) is 11.3 Å². The normalized spacial score (nSPS) is 11.2. The molecule has 0 fully saturated rings. The van der Waals surface area contributed by atoms with Crippen molar-refractivity contribution in [3.63, 3.8) is 0 Å². The summed E-state index contributed by atoms with van der Waals surface area (Å²) in [7, 11) is 0. The molecule has 108 valence electrons. The molecule has 0 radical (unpaired) electrons. The maximum Gasteiger partial charge on any atom is 0.123 e. The maximum absolute atomic E-state index is 13.2. The summed E-state index contributed by atoms with van der Waals surface area (Å²) in [5, 5.41) is 1.23. The fraction of sp³-hybridized carbons (Fsp3) is 0.278. The lowest BCUT2D eigenvalue weighted by Gasteiger charge is -2.10. The van der Waals surface area contributed by atoms with E-state index >= 15 is 0 Å². The number of benzene rings is 1. The topological polar surface area (TPSA) is 17.8 Å². The molecule has 0 saturated heterocycles. The zero-order chi connectivity index (χ0) is 15.0. The lowest BCUT2D eigenvalue weighted by molar-refractivity contribution is 0.628. The van der Waals surface area contributed by atoms with Crippen LogP contribution in [0.15, 0.2) is 36.5 Å². The van der Waals surface area contributed by atoms with Gasteiger partial charge < -0.3 is 4.57 Å². The lowest BCUT2D eigenvalue weighted by Crippen LogP contribution is -2.01. The number of halogens is 1. The van der Waals surface area contributed by atoms with Crippen molar-refractivity contribution in [1.29, 1.82) is 0 Å². The van der Waals surface area contributed by atoms with Crippen LogP contribution >= 0.6 is 0 Å². The maximum atomic E-state index is 13.2. The minimum Gasteiger partial charge on any atom is -0.343 e. The highest BCUT2D eigenvalue weighted by atomic mass is 19.1. The van der Waals surface area contributed by atoms with Gasteiger partial charge in [0.15, 0.2) is 0 Å². The molecule has 0 N–H and O–H groups in total. The zero-order valence-corrected chi connectivity index (χ0v) is 12.7. The average molecular weight is 282 g/mol. The number of hydrogen-bond acceptors (Lipinski definition) is 1. The molecule has 21 heavy (non-hydrogen) atoms. The van der Waals surface area contributed by atoms with E-state index in [1.54, 1.807) is 12.1 Å². The molecule has 0 bridgehead atoms. The van der Waals surface area contributed by atoms with Crippen LogP contribution < -0.4 is 0 Å². The minimum absolute atomic E-state index is 0.220. The van der Waals surface area contributed by atoms with Gasteiger partial charge in [-0.05, 0) is 56.2 Å². The third-order valence-corrected chi connectivity index (χ3v) is 4.11. The Kier molecular flexibility index (Phi) is 3.50. The van der Waals surface area contributed by atoms with Crippen molar-refractivity contribution in [1.82, 2.24) is 9.55 Å². The number of rotatable bonds is 3. The van der Waals surface area contributed by atoms with Gasteiger partial charge in [-0.15, -0.1) is 0 Å². The lowest BCUT2D eigenvalue weighted by atomic mass is 10.1. The van der Waals surface area contributed by atoms with E-state index < -0.39 is 0 Å². The van der Waals surface area contributed by atoms with E-state index in [-0.39, 0.29) is 5.82 Å². The summed E-state index contributed by atoms with van der Waals surface area (Å²) in [6.45, 7) is 7.45. The summed E-state index contributed by atoms with van der Waals surface area (Å²) in [5.41, 5.74) is 5.61. The van der Waals surface area contributed by atoms with Crippen LogP contribution in [0.25, 0.3) is 22.2 Å². The van der Waals surface area contributed by atoms with Crippen LogP contribution in [0.3, 0.4) is 0 Å². The van der Waals surface area contributed by atoms with E-state index in [9.17, 15) is 4.39 Å². The van der Waals surface area contributed by atoms with Gasteiger partial charge in [0.25, 0.3) is 0 Å². The van der Waals surface area contributed by atoms with Gasteiger partial charge in [-0.3, -0.25) is 4.98 Å². The van der Waals surface area contributed by atoms with E-state index in [0.717, 1.165) is 29.7 Å². The number of nitrogens with zero attached hydrogens (tertiary/aromatic N) is 2. The molecule has 0 aliphatic rings. The van der Waals surface area contributed by atoms with E-state index in [1.165, 1.54) is 28.8 Å². The molecule has 0 aliphatic heterocycles. The van der Waals surface area contributed by atoms with Gasteiger partial charge in [-0.25, -0.2) is 4.39 Å². The highest BCUT2D eigenvalue weighted by Crippen LogP contribution is 2.32. The van der Waals surface area contributed by atoms with Gasteiger partial charge >= 0.3 is 0 Å². The van der Waals surface area contributed by atoms with E-state index in [0.29, 0.717) is 0 Å². The Balaban J connectivity index is 2.32. The second-order valence-electron chi connectivity index (χ2n) is 5.42. The Hall–Kier alpha value is -2.16. The van der Waals surface area contributed by atoms with Gasteiger partial charge in [0.1, 0.15) is 5.82 Å². The second kappa shape index (κ2) is 5.32. The van der Waals surface area contributed by atoms with Crippen molar-refractivity contribution in [2.24, 2.45) is 0 Å². The Labute approximate surface area is 124 Å². The monoisotopic (exact) mass is 282 g/mol. The molecule has 2 aromatic heterocycles. The molecular weight excluding hydrogens is 263 g/mol. The van der Waals surface area contributed by atoms with Crippen LogP contribution in [0.1, 0.15) is 24.6 Å². The van der Waals surface area contributed by atoms with Gasteiger partial charge in [0, 0.05) is 29.4 Å². The predicted molar refractivity (Wildman–Crippen MR) is 84.9 cm³/mol. The summed E-state index contributed by atoms with van der Waals surface area (Å²) < 4.78 is 15.5. The summed E-state index contributed by atoms with van der Waals surface area (Å²) in [5.74, 6) is -0.220. The summed E-state index contributed by atoms with van der Waals surface area (Å²) in [4.78, 5) is 4.56. The van der Waals surface area contributed by atoms with Crippen molar-refractivity contribution < 1.29 is 4.39 Å². The Bertz CT molecular complexity index is 785. The quantitative estimate of drug-likeness (QED) is 0.670. The Morgan fingerprint density at radius 2 is 1.81 bits per heavy atom. The highest BCUT2D eigenvalue weighted by molar-refractivity contribution is 5.95.